The van der Waals surface area contributed by atoms with Crippen LogP contribution in [0.5, 0.6) is 0 Å². The molecule has 0 amide bonds. The van der Waals surface area contributed by atoms with Crippen LogP contribution in [0, 0.1) is 11.8 Å². The van der Waals surface area contributed by atoms with Crippen LogP contribution >= 0.6 is 0 Å². The molecule has 4 nitrogen and oxygen atoms in total. The van der Waals surface area contributed by atoms with Gasteiger partial charge < -0.3 is 16.4 Å². The molecule has 118 valence electrons. The fraction of sp³-hybridized carbons (Fsp3) is 0.588. The summed E-state index contributed by atoms with van der Waals surface area (Å²) in [5, 5.41) is 6.69. The van der Waals surface area contributed by atoms with Crippen LogP contribution in [0.25, 0.3) is 0 Å². The normalized spacial score (nSPS) is 13.5. The van der Waals surface area contributed by atoms with Crippen molar-refractivity contribution >= 4 is 11.6 Å². The second kappa shape index (κ2) is 9.27. The average molecular weight is 290 g/mol. The lowest BCUT2D eigenvalue weighted by atomic mass is 10.0. The average Bonchev–Trinajstić information content (AvgIpc) is 2.43. The Hall–Kier alpha value is -1.71. The van der Waals surface area contributed by atoms with Gasteiger partial charge in [0.25, 0.3) is 0 Å². The van der Waals surface area contributed by atoms with Gasteiger partial charge in [-0.25, -0.2) is 0 Å². The van der Waals surface area contributed by atoms with E-state index in [2.05, 4.69) is 55.5 Å². The highest BCUT2D eigenvalue weighted by atomic mass is 15.1. The number of rotatable bonds is 8. The monoisotopic (exact) mass is 290 g/mol. The fourth-order valence-corrected chi connectivity index (χ4v) is 1.91. The Balaban J connectivity index is 2.47. The number of nitrogens with one attached hydrogen (secondary N) is 2. The van der Waals surface area contributed by atoms with Crippen molar-refractivity contribution in [3.05, 3.63) is 30.3 Å². The molecule has 0 aliphatic heterocycles. The maximum absolute atomic E-state index is 5.91. The van der Waals surface area contributed by atoms with Crippen molar-refractivity contribution in [2.24, 2.45) is 22.6 Å². The number of anilines is 1. The Morgan fingerprint density at radius 3 is 2.38 bits per heavy atom. The number of benzene rings is 1. The van der Waals surface area contributed by atoms with Crippen molar-refractivity contribution in [3.63, 3.8) is 0 Å². The Labute approximate surface area is 129 Å². The first-order chi connectivity index (χ1) is 9.99. The van der Waals surface area contributed by atoms with Gasteiger partial charge in [-0.3, -0.25) is 4.99 Å². The number of para-hydroxylation sites is 1. The molecule has 1 aromatic carbocycles. The summed E-state index contributed by atoms with van der Waals surface area (Å²) < 4.78 is 0. The van der Waals surface area contributed by atoms with Crippen LogP contribution in [0.4, 0.5) is 5.69 Å². The second-order valence-electron chi connectivity index (χ2n) is 6.20. The molecule has 0 heterocycles. The highest BCUT2D eigenvalue weighted by Crippen LogP contribution is 2.12. The zero-order valence-corrected chi connectivity index (χ0v) is 13.8. The van der Waals surface area contributed by atoms with E-state index >= 15 is 0 Å². The minimum absolute atomic E-state index is 0.276. The van der Waals surface area contributed by atoms with Crippen LogP contribution in [0.3, 0.4) is 0 Å². The predicted octanol–water partition coefficient (Wildman–Crippen LogP) is 3.07. The SMILES string of the molecule is CC(C)CCNC(N)=NCC(Nc1ccccc1)C(C)C. The second-order valence-corrected chi connectivity index (χ2v) is 6.20. The molecule has 1 rings (SSSR count). The van der Waals surface area contributed by atoms with Crippen LogP contribution in [-0.4, -0.2) is 25.1 Å². The smallest absolute Gasteiger partial charge is 0.188 e. The third-order valence-electron chi connectivity index (χ3n) is 3.42. The van der Waals surface area contributed by atoms with Crippen molar-refractivity contribution in [1.82, 2.24) is 5.32 Å². The third-order valence-corrected chi connectivity index (χ3v) is 3.42. The lowest BCUT2D eigenvalue weighted by Gasteiger charge is -2.22. The summed E-state index contributed by atoms with van der Waals surface area (Å²) in [6.45, 7) is 10.3. The van der Waals surface area contributed by atoms with E-state index in [-0.39, 0.29) is 6.04 Å². The Morgan fingerprint density at radius 2 is 1.81 bits per heavy atom. The van der Waals surface area contributed by atoms with Crippen LogP contribution in [0.15, 0.2) is 35.3 Å². The standard InChI is InChI=1S/C17H30N4/c1-13(2)10-11-19-17(18)20-12-16(14(3)4)21-15-8-6-5-7-9-15/h5-9,13-14,16,21H,10-12H2,1-4H3,(H3,18,19,20). The number of hydrogen-bond donors (Lipinski definition) is 3. The molecule has 0 aliphatic rings. The zero-order chi connectivity index (χ0) is 15.7. The van der Waals surface area contributed by atoms with Gasteiger partial charge in [-0.2, -0.15) is 0 Å². The molecule has 4 heteroatoms. The molecule has 0 spiro atoms. The lowest BCUT2D eigenvalue weighted by Crippen LogP contribution is -2.36. The van der Waals surface area contributed by atoms with Gasteiger partial charge in [0.2, 0.25) is 0 Å². The van der Waals surface area contributed by atoms with E-state index in [1.807, 2.05) is 18.2 Å². The molecule has 0 aromatic heterocycles. The molecule has 1 atom stereocenters. The molecule has 0 aliphatic carbocycles. The van der Waals surface area contributed by atoms with Crippen LogP contribution < -0.4 is 16.4 Å². The molecule has 0 saturated carbocycles. The van der Waals surface area contributed by atoms with E-state index in [0.717, 1.165) is 18.7 Å². The Kier molecular flexibility index (Phi) is 7.65. The first-order valence-electron chi connectivity index (χ1n) is 7.84. The lowest BCUT2D eigenvalue weighted by molar-refractivity contribution is 0.530. The molecule has 0 saturated heterocycles. The number of guanidine groups is 1. The highest BCUT2D eigenvalue weighted by molar-refractivity contribution is 5.77. The van der Waals surface area contributed by atoms with E-state index in [4.69, 9.17) is 5.73 Å². The van der Waals surface area contributed by atoms with Crippen molar-refractivity contribution < 1.29 is 0 Å². The molecule has 0 fully saturated rings. The summed E-state index contributed by atoms with van der Waals surface area (Å²) >= 11 is 0. The van der Waals surface area contributed by atoms with E-state index in [1.54, 1.807) is 0 Å². The largest absolute Gasteiger partial charge is 0.380 e. The van der Waals surface area contributed by atoms with E-state index < -0.39 is 0 Å². The number of nitrogens with zero attached hydrogens (tertiary/aromatic N) is 1. The van der Waals surface area contributed by atoms with Crippen molar-refractivity contribution in [1.29, 1.82) is 0 Å². The Morgan fingerprint density at radius 1 is 1.14 bits per heavy atom. The summed E-state index contributed by atoms with van der Waals surface area (Å²) in [6, 6.07) is 10.5. The highest BCUT2D eigenvalue weighted by Gasteiger charge is 2.12. The van der Waals surface area contributed by atoms with E-state index in [9.17, 15) is 0 Å². The minimum Gasteiger partial charge on any atom is -0.380 e. The molecule has 0 radical (unpaired) electrons. The quantitative estimate of drug-likeness (QED) is 0.509. The van der Waals surface area contributed by atoms with Gasteiger partial charge in [0.1, 0.15) is 0 Å². The van der Waals surface area contributed by atoms with Gasteiger partial charge in [-0.05, 0) is 30.4 Å². The molecular formula is C17H30N4. The maximum Gasteiger partial charge on any atom is 0.188 e. The van der Waals surface area contributed by atoms with Crippen molar-refractivity contribution in [3.8, 4) is 0 Å². The van der Waals surface area contributed by atoms with Gasteiger partial charge in [0.05, 0.1) is 6.54 Å². The number of nitrogens with two attached hydrogens (primary N) is 1. The van der Waals surface area contributed by atoms with Crippen LogP contribution in [0.1, 0.15) is 34.1 Å². The van der Waals surface area contributed by atoms with Gasteiger partial charge in [-0.15, -0.1) is 0 Å². The number of hydrogen-bond acceptors (Lipinski definition) is 2. The molecule has 4 N–H and O–H groups in total. The van der Waals surface area contributed by atoms with Crippen molar-refractivity contribution in [2.75, 3.05) is 18.4 Å². The van der Waals surface area contributed by atoms with Crippen LogP contribution in [-0.2, 0) is 0 Å². The summed E-state index contributed by atoms with van der Waals surface area (Å²) in [5.41, 5.74) is 7.04. The minimum atomic E-state index is 0.276. The summed E-state index contributed by atoms with van der Waals surface area (Å²) in [7, 11) is 0. The fourth-order valence-electron chi connectivity index (χ4n) is 1.91. The van der Waals surface area contributed by atoms with Gasteiger partial charge >= 0.3 is 0 Å². The molecule has 0 bridgehead atoms. The molecule has 1 unspecified atom stereocenters. The van der Waals surface area contributed by atoms with E-state index in [0.29, 0.717) is 24.3 Å². The van der Waals surface area contributed by atoms with Gasteiger partial charge in [-0.1, -0.05) is 45.9 Å². The molecule has 21 heavy (non-hydrogen) atoms. The summed E-state index contributed by atoms with van der Waals surface area (Å²) in [4.78, 5) is 4.46. The first-order valence-corrected chi connectivity index (χ1v) is 7.84. The van der Waals surface area contributed by atoms with E-state index in [1.165, 1.54) is 0 Å². The molecular weight excluding hydrogens is 260 g/mol. The molecule has 1 aromatic rings. The van der Waals surface area contributed by atoms with Gasteiger partial charge in [0.15, 0.2) is 5.96 Å². The Bertz CT molecular complexity index is 412. The predicted molar refractivity (Wildman–Crippen MR) is 92.6 cm³/mol. The maximum atomic E-state index is 5.91. The first kappa shape index (κ1) is 17.3. The topological polar surface area (TPSA) is 62.4 Å². The number of aliphatic imine (C=N–C) groups is 1. The van der Waals surface area contributed by atoms with Crippen LogP contribution in [0.2, 0.25) is 0 Å². The van der Waals surface area contributed by atoms with Crippen molar-refractivity contribution in [2.45, 2.75) is 40.2 Å². The zero-order valence-electron chi connectivity index (χ0n) is 13.8. The summed E-state index contributed by atoms with van der Waals surface area (Å²) in [6.07, 6.45) is 1.10. The summed E-state index contributed by atoms with van der Waals surface area (Å²) in [5.74, 6) is 1.70. The van der Waals surface area contributed by atoms with Gasteiger partial charge in [0, 0.05) is 18.3 Å². The third kappa shape index (κ3) is 7.59.